The van der Waals surface area contributed by atoms with Crippen molar-refractivity contribution in [1.82, 2.24) is 0 Å². The van der Waals surface area contributed by atoms with Crippen LogP contribution in [0.15, 0.2) is 84.9 Å². The maximum Gasteiger partial charge on any atom is 0.490 e. The number of benzene rings is 4. The minimum Gasteiger partial charge on any atom is -0.497 e. The number of hydrogen-bond acceptors (Lipinski definition) is 9. The number of anilines is 3. The molecule has 10 nitrogen and oxygen atoms in total. The largest absolute Gasteiger partial charge is 0.497 e. The van der Waals surface area contributed by atoms with Crippen molar-refractivity contribution in [3.05, 3.63) is 100.0 Å². The summed E-state index contributed by atoms with van der Waals surface area (Å²) in [7, 11) is -1.82. The topological polar surface area (TPSA) is 153 Å². The standard InChI is InChI=1S/C14H14BCl2NO4S.C13H12BClN2O3/c1-21-8-2-4-9(5-3-8)22-14(23)18-13-6-10(15(19)20)11(16)7-12(13)17;15-12-10(14(19)20)7-4-8-11(12)17-13(18)16-9-5-2-1-3-6-9/h2-7,14,18-20,23H,1H3;1-8,19-20H,(H2,16,17,18). The van der Waals surface area contributed by atoms with E-state index in [1.165, 1.54) is 18.2 Å². The van der Waals surface area contributed by atoms with Gasteiger partial charge in [-0.05, 0) is 54.6 Å². The van der Waals surface area contributed by atoms with Crippen LogP contribution in [0.25, 0.3) is 0 Å². The van der Waals surface area contributed by atoms with Crippen molar-refractivity contribution in [2.45, 2.75) is 5.56 Å². The lowest BCUT2D eigenvalue weighted by atomic mass is 9.80. The van der Waals surface area contributed by atoms with Crippen molar-refractivity contribution in [3.8, 4) is 11.5 Å². The maximum atomic E-state index is 11.8. The molecule has 0 heterocycles. The molecule has 0 bridgehead atoms. The maximum absolute atomic E-state index is 11.8. The highest BCUT2D eigenvalue weighted by molar-refractivity contribution is 7.80. The molecular formula is C27H26B2Cl3N3O7S. The van der Waals surface area contributed by atoms with Gasteiger partial charge in [0.05, 0.1) is 28.5 Å². The van der Waals surface area contributed by atoms with Crippen LogP contribution < -0.4 is 36.3 Å². The van der Waals surface area contributed by atoms with Crippen LogP contribution in [0.3, 0.4) is 0 Å². The molecule has 1 atom stereocenters. The molecular weight excluding hydrogens is 638 g/mol. The van der Waals surface area contributed by atoms with Crippen molar-refractivity contribution < 1.29 is 34.4 Å². The fraction of sp³-hybridized carbons (Fsp3) is 0.0741. The van der Waals surface area contributed by atoms with Gasteiger partial charge in [-0.1, -0.05) is 65.1 Å². The van der Waals surface area contributed by atoms with Crippen LogP contribution in [0.5, 0.6) is 11.5 Å². The first-order valence-electron chi connectivity index (χ1n) is 12.4. The van der Waals surface area contributed by atoms with Gasteiger partial charge in [0.2, 0.25) is 5.56 Å². The number of nitrogens with one attached hydrogen (secondary N) is 3. The summed E-state index contributed by atoms with van der Waals surface area (Å²) in [5.74, 6) is 1.29. The molecule has 0 fully saturated rings. The second-order valence-corrected chi connectivity index (χ2v) is 10.2. The molecule has 43 heavy (non-hydrogen) atoms. The lowest BCUT2D eigenvalue weighted by Crippen LogP contribution is -2.31. The Morgan fingerprint density at radius 1 is 0.767 bits per heavy atom. The van der Waals surface area contributed by atoms with E-state index < -0.39 is 25.8 Å². The van der Waals surface area contributed by atoms with Crippen molar-refractivity contribution >= 4 is 95.7 Å². The third-order valence-corrected chi connectivity index (χ3v) is 6.83. The van der Waals surface area contributed by atoms with E-state index in [-0.39, 0.29) is 21.0 Å². The molecule has 0 radical (unpaired) electrons. The van der Waals surface area contributed by atoms with Gasteiger partial charge in [0.15, 0.2) is 0 Å². The number of halogens is 3. The molecule has 2 amide bonds. The fourth-order valence-electron chi connectivity index (χ4n) is 3.47. The van der Waals surface area contributed by atoms with Crippen LogP contribution in [-0.4, -0.2) is 53.0 Å². The monoisotopic (exact) mass is 663 g/mol. The number of rotatable bonds is 9. The van der Waals surface area contributed by atoms with Gasteiger partial charge in [-0.3, -0.25) is 0 Å². The molecule has 0 aliphatic rings. The highest BCUT2D eigenvalue weighted by Gasteiger charge is 2.20. The highest BCUT2D eigenvalue weighted by atomic mass is 35.5. The molecule has 4 aromatic rings. The van der Waals surface area contributed by atoms with Crippen LogP contribution in [0.2, 0.25) is 15.1 Å². The minimum atomic E-state index is -1.71. The normalized spacial score (nSPS) is 10.9. The quantitative estimate of drug-likeness (QED) is 0.0759. The van der Waals surface area contributed by atoms with Crippen LogP contribution in [0.4, 0.5) is 21.9 Å². The Morgan fingerprint density at radius 3 is 2.00 bits per heavy atom. The van der Waals surface area contributed by atoms with E-state index >= 15 is 0 Å². The number of para-hydroxylation sites is 1. The summed E-state index contributed by atoms with van der Waals surface area (Å²) in [4.78, 5) is 11.8. The summed E-state index contributed by atoms with van der Waals surface area (Å²) in [6.07, 6.45) is 0. The molecule has 7 N–H and O–H groups in total. The van der Waals surface area contributed by atoms with Gasteiger partial charge in [-0.2, -0.15) is 0 Å². The number of urea groups is 1. The summed E-state index contributed by atoms with van der Waals surface area (Å²) in [6, 6.07) is 22.9. The molecule has 0 saturated heterocycles. The number of hydrogen-bond donors (Lipinski definition) is 8. The second kappa shape index (κ2) is 16.6. The molecule has 0 aliphatic carbocycles. The van der Waals surface area contributed by atoms with E-state index in [2.05, 4.69) is 28.6 Å². The average molecular weight is 665 g/mol. The minimum absolute atomic E-state index is 0.0886. The van der Waals surface area contributed by atoms with E-state index in [0.29, 0.717) is 33.6 Å². The molecule has 0 aromatic heterocycles. The smallest absolute Gasteiger partial charge is 0.490 e. The van der Waals surface area contributed by atoms with Crippen LogP contribution in [0.1, 0.15) is 0 Å². The number of ether oxygens (including phenoxy) is 2. The SMILES string of the molecule is COc1ccc(OC(S)Nc2cc(B(O)O)c(Cl)cc2Cl)cc1.O=C(Nc1ccccc1)Nc1cccc(B(O)O)c1Cl. The predicted octanol–water partition coefficient (Wildman–Crippen LogP) is 4.05. The number of amides is 2. The van der Waals surface area contributed by atoms with E-state index in [1.54, 1.807) is 67.8 Å². The number of carbonyl (C=O) groups is 1. The first-order valence-corrected chi connectivity index (χ1v) is 14.0. The van der Waals surface area contributed by atoms with E-state index in [1.807, 2.05) is 6.07 Å². The average Bonchev–Trinajstić information content (AvgIpc) is 2.96. The first kappa shape index (κ1) is 34.2. The van der Waals surface area contributed by atoms with Gasteiger partial charge in [0.25, 0.3) is 0 Å². The molecule has 4 aromatic carbocycles. The Kier molecular flexibility index (Phi) is 13.2. The van der Waals surface area contributed by atoms with Gasteiger partial charge in [-0.15, -0.1) is 12.6 Å². The van der Waals surface area contributed by atoms with Gasteiger partial charge in [-0.25, -0.2) is 4.79 Å². The Hall–Kier alpha value is -3.26. The predicted molar refractivity (Wildman–Crippen MR) is 177 cm³/mol. The lowest BCUT2D eigenvalue weighted by Gasteiger charge is -2.18. The molecule has 224 valence electrons. The Balaban J connectivity index is 0.000000238. The molecule has 1 unspecified atom stereocenters. The Labute approximate surface area is 269 Å². The van der Waals surface area contributed by atoms with Crippen LogP contribution in [-0.2, 0) is 0 Å². The zero-order chi connectivity index (χ0) is 31.5. The van der Waals surface area contributed by atoms with E-state index in [0.717, 1.165) is 0 Å². The zero-order valence-corrected chi connectivity index (χ0v) is 25.6. The molecule has 0 aliphatic heterocycles. The summed E-state index contributed by atoms with van der Waals surface area (Å²) in [5.41, 5.74) is 0.885. The third-order valence-electron chi connectivity index (χ3n) is 5.54. The molecule has 0 spiro atoms. The molecule has 0 saturated carbocycles. The first-order chi connectivity index (χ1) is 20.5. The van der Waals surface area contributed by atoms with Gasteiger partial charge >= 0.3 is 20.3 Å². The Morgan fingerprint density at radius 2 is 1.40 bits per heavy atom. The zero-order valence-electron chi connectivity index (χ0n) is 22.4. The highest BCUT2D eigenvalue weighted by Crippen LogP contribution is 2.27. The number of thiol groups is 1. The summed E-state index contributed by atoms with van der Waals surface area (Å²) in [6.45, 7) is 0. The lowest BCUT2D eigenvalue weighted by molar-refractivity contribution is 0.262. The van der Waals surface area contributed by atoms with Crippen molar-refractivity contribution in [3.63, 3.8) is 0 Å². The summed E-state index contributed by atoms with van der Waals surface area (Å²) >= 11 is 22.2. The van der Waals surface area contributed by atoms with Crippen molar-refractivity contribution in [2.75, 3.05) is 23.1 Å². The van der Waals surface area contributed by atoms with E-state index in [9.17, 15) is 14.8 Å². The second-order valence-electron chi connectivity index (χ2n) is 8.54. The molecule has 4 rings (SSSR count). The van der Waals surface area contributed by atoms with E-state index in [4.69, 9.17) is 54.3 Å². The van der Waals surface area contributed by atoms with Crippen LogP contribution in [0, 0.1) is 0 Å². The van der Waals surface area contributed by atoms with Gasteiger partial charge < -0.3 is 45.5 Å². The third kappa shape index (κ3) is 10.4. The van der Waals surface area contributed by atoms with Crippen molar-refractivity contribution in [1.29, 1.82) is 0 Å². The molecule has 16 heteroatoms. The van der Waals surface area contributed by atoms with Crippen molar-refractivity contribution in [2.24, 2.45) is 0 Å². The summed E-state index contributed by atoms with van der Waals surface area (Å²) in [5, 5.41) is 45.5. The number of methoxy groups -OCH3 is 1. The van der Waals surface area contributed by atoms with Crippen LogP contribution >= 0.6 is 47.4 Å². The number of carbonyl (C=O) groups excluding carboxylic acids is 1. The van der Waals surface area contributed by atoms with Gasteiger partial charge in [0, 0.05) is 21.6 Å². The van der Waals surface area contributed by atoms with Gasteiger partial charge in [0.1, 0.15) is 11.5 Å². The summed E-state index contributed by atoms with van der Waals surface area (Å²) < 4.78 is 10.6. The fourth-order valence-corrected chi connectivity index (χ4v) is 4.54. The Bertz CT molecular complexity index is 1510.